The Morgan fingerprint density at radius 3 is 2.50 bits per heavy atom. The summed E-state index contributed by atoms with van der Waals surface area (Å²) < 4.78 is 72.4. The minimum absolute atomic E-state index is 0.0766. The number of hydrogen-bond acceptors (Lipinski definition) is 6. The fourth-order valence-corrected chi connectivity index (χ4v) is 5.76. The van der Waals surface area contributed by atoms with E-state index in [-0.39, 0.29) is 23.5 Å². The van der Waals surface area contributed by atoms with E-state index in [4.69, 9.17) is 10.5 Å². The number of nitrogens with two attached hydrogens (primary N) is 1. The minimum Gasteiger partial charge on any atom is -0.370 e. The van der Waals surface area contributed by atoms with Gasteiger partial charge in [-0.3, -0.25) is 4.90 Å². The third-order valence-corrected chi connectivity index (χ3v) is 8.08. The molecule has 1 unspecified atom stereocenters. The van der Waals surface area contributed by atoms with Crippen molar-refractivity contribution < 1.29 is 26.3 Å². The second-order valence-electron chi connectivity index (χ2n) is 8.22. The van der Waals surface area contributed by atoms with Crippen LogP contribution in [0.3, 0.4) is 0 Å². The van der Waals surface area contributed by atoms with Crippen molar-refractivity contribution in [2.24, 2.45) is 5.73 Å². The summed E-state index contributed by atoms with van der Waals surface area (Å²) in [4.78, 5) is 2.09. The second-order valence-corrected chi connectivity index (χ2v) is 10.3. The first kappa shape index (κ1) is 20.0. The predicted octanol–water partition coefficient (Wildman–Crippen LogP) is 1.81. The highest BCUT2D eigenvalue weighted by molar-refractivity contribution is 7.90. The van der Waals surface area contributed by atoms with Gasteiger partial charge in [-0.25, -0.2) is 21.6 Å². The first-order chi connectivity index (χ1) is 14.2. The van der Waals surface area contributed by atoms with E-state index in [1.54, 1.807) is 6.20 Å². The molecule has 2 fully saturated rings. The van der Waals surface area contributed by atoms with E-state index in [9.17, 15) is 21.6 Å². The lowest BCUT2D eigenvalue weighted by molar-refractivity contribution is -0.0533. The zero-order valence-corrected chi connectivity index (χ0v) is 16.8. The molecule has 5 rings (SSSR count). The largest absolute Gasteiger partial charge is 0.370 e. The van der Waals surface area contributed by atoms with Gasteiger partial charge in [-0.2, -0.15) is 9.19 Å². The molecule has 3 atom stereocenters. The van der Waals surface area contributed by atoms with Gasteiger partial charge in [-0.15, -0.1) is 0 Å². The highest BCUT2D eigenvalue weighted by Gasteiger charge is 2.40. The third-order valence-electron chi connectivity index (χ3n) is 6.05. The molecule has 0 amide bonds. The summed E-state index contributed by atoms with van der Waals surface area (Å²) in [5.41, 5.74) is 7.66. The summed E-state index contributed by atoms with van der Waals surface area (Å²) in [5, 5.41) is 3.94. The molecule has 1 aromatic heterocycles. The molecule has 162 valence electrons. The van der Waals surface area contributed by atoms with Gasteiger partial charge in [-0.1, -0.05) is 0 Å². The topological polar surface area (TPSA) is 90.5 Å². The Bertz CT molecular complexity index is 1080. The van der Waals surface area contributed by atoms with Gasteiger partial charge in [0.1, 0.15) is 11.9 Å². The summed E-state index contributed by atoms with van der Waals surface area (Å²) in [7, 11) is -3.39. The van der Waals surface area contributed by atoms with Crippen LogP contribution in [0.15, 0.2) is 18.3 Å². The van der Waals surface area contributed by atoms with E-state index in [1.807, 2.05) is 0 Å². The molecule has 2 N–H and O–H groups in total. The van der Waals surface area contributed by atoms with Gasteiger partial charge in [0.15, 0.2) is 11.6 Å². The lowest BCUT2D eigenvalue weighted by atomic mass is 9.93. The summed E-state index contributed by atoms with van der Waals surface area (Å²) in [6.45, 7) is 1.22. The number of halogens is 3. The van der Waals surface area contributed by atoms with Crippen molar-refractivity contribution in [3.63, 3.8) is 0 Å². The number of rotatable bonds is 4. The van der Waals surface area contributed by atoms with E-state index >= 15 is 0 Å². The zero-order valence-electron chi connectivity index (χ0n) is 16.0. The minimum atomic E-state index is -3.39. The molecule has 1 saturated heterocycles. The molecule has 30 heavy (non-hydrogen) atoms. The lowest BCUT2D eigenvalue weighted by Gasteiger charge is -2.38. The quantitative estimate of drug-likeness (QED) is 0.727. The van der Waals surface area contributed by atoms with Crippen LogP contribution < -0.4 is 5.73 Å². The second kappa shape index (κ2) is 7.04. The predicted molar refractivity (Wildman–Crippen MR) is 100 cm³/mol. The van der Waals surface area contributed by atoms with Gasteiger partial charge >= 0.3 is 0 Å². The number of ether oxygens (including phenoxy) is 1. The number of hydrogen-bond donors (Lipinski definition) is 1. The maximum absolute atomic E-state index is 14.1. The maximum atomic E-state index is 14.1. The summed E-state index contributed by atoms with van der Waals surface area (Å²) in [6.07, 6.45) is 2.53. The van der Waals surface area contributed by atoms with E-state index in [2.05, 4.69) is 10.00 Å². The van der Waals surface area contributed by atoms with E-state index < -0.39 is 39.6 Å². The first-order valence-electron chi connectivity index (χ1n) is 9.81. The monoisotopic (exact) mass is 442 g/mol. The lowest BCUT2D eigenvalue weighted by Crippen LogP contribution is -2.47. The Hall–Kier alpha value is -1.95. The van der Waals surface area contributed by atoms with Gasteiger partial charge in [0.05, 0.1) is 17.6 Å². The average molecular weight is 442 g/mol. The Labute approximate surface area is 171 Å². The molecule has 1 saturated carbocycles. The normalized spacial score (nSPS) is 27.4. The van der Waals surface area contributed by atoms with Crippen molar-refractivity contribution in [1.29, 1.82) is 0 Å². The number of benzene rings is 1. The third kappa shape index (κ3) is 3.33. The molecule has 3 heterocycles. The highest BCUT2D eigenvalue weighted by Crippen LogP contribution is 2.35. The SMILES string of the molecule is N[C@H]1C[C@@H](N2Cc3cn(S(=O)(=O)C4CC4)nc3C2)COC1c1cc(F)c(F)cc1F. The summed E-state index contributed by atoms with van der Waals surface area (Å²) in [6, 6.07) is 0.614. The van der Waals surface area contributed by atoms with Crippen molar-refractivity contribution in [1.82, 2.24) is 14.1 Å². The molecule has 11 heteroatoms. The van der Waals surface area contributed by atoms with Crippen LogP contribution in [0, 0.1) is 17.5 Å². The molecule has 2 aromatic rings. The Kier molecular flexibility index (Phi) is 4.69. The molecule has 0 bridgehead atoms. The smallest absolute Gasteiger partial charge is 0.256 e. The van der Waals surface area contributed by atoms with Gasteiger partial charge in [0.2, 0.25) is 0 Å². The summed E-state index contributed by atoms with van der Waals surface area (Å²) in [5.74, 6) is -3.29. The Balaban J connectivity index is 1.26. The van der Waals surface area contributed by atoms with Crippen LogP contribution in [0.1, 0.15) is 42.2 Å². The molecular weight excluding hydrogens is 421 g/mol. The van der Waals surface area contributed by atoms with Crippen LogP contribution in [0.4, 0.5) is 13.2 Å². The fraction of sp³-hybridized carbons (Fsp3) is 0.526. The number of fused-ring (bicyclic) bond motifs is 1. The molecule has 1 aliphatic carbocycles. The molecule has 0 spiro atoms. The van der Waals surface area contributed by atoms with Crippen molar-refractivity contribution in [3.8, 4) is 0 Å². The Morgan fingerprint density at radius 1 is 1.10 bits per heavy atom. The van der Waals surface area contributed by atoms with E-state index in [1.165, 1.54) is 0 Å². The van der Waals surface area contributed by atoms with Crippen LogP contribution >= 0.6 is 0 Å². The molecule has 3 aliphatic rings. The molecule has 2 aliphatic heterocycles. The average Bonchev–Trinajstić information content (AvgIpc) is 3.36. The van der Waals surface area contributed by atoms with Gasteiger partial charge in [0, 0.05) is 48.6 Å². The van der Waals surface area contributed by atoms with Gasteiger partial charge in [-0.05, 0) is 25.3 Å². The Morgan fingerprint density at radius 2 is 1.83 bits per heavy atom. The molecule has 1 aromatic carbocycles. The maximum Gasteiger partial charge on any atom is 0.256 e. The van der Waals surface area contributed by atoms with Gasteiger partial charge < -0.3 is 10.5 Å². The highest BCUT2D eigenvalue weighted by atomic mass is 32.2. The van der Waals surface area contributed by atoms with Crippen LogP contribution in [-0.2, 0) is 27.8 Å². The van der Waals surface area contributed by atoms with Crippen molar-refractivity contribution in [2.45, 2.75) is 55.8 Å². The fourth-order valence-electron chi connectivity index (χ4n) is 4.23. The molecule has 0 radical (unpaired) electrons. The van der Waals surface area contributed by atoms with E-state index in [0.29, 0.717) is 44.1 Å². The molecule has 7 nitrogen and oxygen atoms in total. The molecular formula is C19H21F3N4O3S. The zero-order chi connectivity index (χ0) is 21.2. The summed E-state index contributed by atoms with van der Waals surface area (Å²) >= 11 is 0. The van der Waals surface area contributed by atoms with Gasteiger partial charge in [0.25, 0.3) is 10.0 Å². The number of nitrogens with zero attached hydrogens (tertiary/aromatic N) is 3. The standard InChI is InChI=1S/C19H21F3N4O3S/c20-14-5-16(22)15(21)4-13(14)19-17(23)3-11(9-29-19)25-6-10-7-26(24-18(10)8-25)30(27,28)12-1-2-12/h4-5,7,11-12,17,19H,1-3,6,8-9,23H2/t11-,17+,19?/m1/s1. The van der Waals surface area contributed by atoms with Crippen LogP contribution in [0.5, 0.6) is 0 Å². The van der Waals surface area contributed by atoms with Crippen molar-refractivity contribution in [2.75, 3.05) is 6.61 Å². The van der Waals surface area contributed by atoms with Crippen LogP contribution in [0.25, 0.3) is 0 Å². The first-order valence-corrected chi connectivity index (χ1v) is 11.3. The van der Waals surface area contributed by atoms with Crippen molar-refractivity contribution >= 4 is 10.0 Å². The van der Waals surface area contributed by atoms with Crippen LogP contribution in [-0.4, -0.2) is 46.4 Å². The number of aromatic nitrogens is 2. The van der Waals surface area contributed by atoms with Crippen LogP contribution in [0.2, 0.25) is 0 Å². The van der Waals surface area contributed by atoms with Crippen molar-refractivity contribution in [3.05, 3.63) is 52.6 Å². The van der Waals surface area contributed by atoms with E-state index in [0.717, 1.165) is 15.7 Å².